The molecule has 0 bridgehead atoms. The van der Waals surface area contributed by atoms with Gasteiger partial charge in [-0.05, 0) is 24.8 Å². The van der Waals surface area contributed by atoms with Gasteiger partial charge < -0.3 is 10.3 Å². The summed E-state index contributed by atoms with van der Waals surface area (Å²) in [5, 5.41) is 3.92. The van der Waals surface area contributed by atoms with Crippen LogP contribution in [-0.4, -0.2) is 19.3 Å². The Bertz CT molecular complexity index is 1030. The van der Waals surface area contributed by atoms with Crippen molar-refractivity contribution in [1.82, 2.24) is 19.3 Å². The van der Waals surface area contributed by atoms with Gasteiger partial charge in [-0.15, -0.1) is 0 Å². The molecule has 0 spiro atoms. The van der Waals surface area contributed by atoms with Crippen LogP contribution in [0.15, 0.2) is 56.7 Å². The van der Waals surface area contributed by atoms with Gasteiger partial charge in [-0.25, -0.2) is 4.79 Å². The van der Waals surface area contributed by atoms with Crippen LogP contribution in [0.1, 0.15) is 36.5 Å². The third kappa shape index (κ3) is 2.99. The summed E-state index contributed by atoms with van der Waals surface area (Å²) in [6, 6.07) is 10.9. The molecule has 1 aromatic carbocycles. The summed E-state index contributed by atoms with van der Waals surface area (Å²) in [7, 11) is 0. The van der Waals surface area contributed by atoms with Crippen LogP contribution >= 0.6 is 0 Å². The van der Waals surface area contributed by atoms with E-state index in [1.54, 1.807) is 0 Å². The number of aromatic nitrogens is 4. The van der Waals surface area contributed by atoms with Crippen LogP contribution in [0.25, 0.3) is 0 Å². The van der Waals surface area contributed by atoms with Crippen molar-refractivity contribution in [3.8, 4) is 0 Å². The van der Waals surface area contributed by atoms with Crippen molar-refractivity contribution >= 4 is 0 Å². The summed E-state index contributed by atoms with van der Waals surface area (Å²) in [5.74, 6) is 0.640. The molecule has 1 aliphatic carbocycles. The number of hydrogen-bond donors (Lipinski definition) is 1. The highest BCUT2D eigenvalue weighted by Gasteiger charge is 2.39. The smallest absolute Gasteiger partial charge is 0.331 e. The Hall–Kier alpha value is -3.00. The van der Waals surface area contributed by atoms with E-state index in [4.69, 9.17) is 10.3 Å². The molecule has 8 heteroatoms. The highest BCUT2D eigenvalue weighted by molar-refractivity contribution is 5.15. The molecule has 8 nitrogen and oxygen atoms in total. The highest BCUT2D eigenvalue weighted by atomic mass is 16.5. The summed E-state index contributed by atoms with van der Waals surface area (Å²) < 4.78 is 7.77. The summed E-state index contributed by atoms with van der Waals surface area (Å²) in [6.45, 7) is 0.303. The number of benzene rings is 1. The van der Waals surface area contributed by atoms with Gasteiger partial charge in [0.15, 0.2) is 5.82 Å². The SMILES string of the molecule is NC1(c2noc(Cn3c(=O)ccn(Cc4ccccc4)c3=O)n2)CCC1. The lowest BCUT2D eigenvalue weighted by Crippen LogP contribution is -2.44. The standard InChI is InChI=1S/C18H19N5O3/c19-18(8-4-9-18)16-20-14(26-21-16)12-23-15(24)7-10-22(17(23)25)11-13-5-2-1-3-6-13/h1-3,5-7,10H,4,8-9,11-12,19H2. The monoisotopic (exact) mass is 353 g/mol. The zero-order valence-electron chi connectivity index (χ0n) is 14.2. The summed E-state index contributed by atoms with van der Waals surface area (Å²) in [5.41, 5.74) is 5.77. The molecule has 2 aromatic heterocycles. The van der Waals surface area contributed by atoms with E-state index in [-0.39, 0.29) is 12.4 Å². The number of hydrogen-bond acceptors (Lipinski definition) is 6. The van der Waals surface area contributed by atoms with Crippen molar-refractivity contribution in [2.24, 2.45) is 5.73 Å². The second-order valence-electron chi connectivity index (χ2n) is 6.66. The molecule has 2 N–H and O–H groups in total. The Morgan fingerprint density at radius 1 is 1.12 bits per heavy atom. The lowest BCUT2D eigenvalue weighted by molar-refractivity contribution is 0.228. The minimum Gasteiger partial charge on any atom is -0.337 e. The van der Waals surface area contributed by atoms with Crippen LogP contribution in [0.4, 0.5) is 0 Å². The van der Waals surface area contributed by atoms with Gasteiger partial charge in [-0.2, -0.15) is 4.98 Å². The largest absolute Gasteiger partial charge is 0.337 e. The maximum Gasteiger partial charge on any atom is 0.331 e. The van der Waals surface area contributed by atoms with Crippen molar-refractivity contribution in [3.05, 3.63) is 80.7 Å². The van der Waals surface area contributed by atoms with E-state index in [9.17, 15) is 9.59 Å². The van der Waals surface area contributed by atoms with Crippen LogP contribution < -0.4 is 17.0 Å². The lowest BCUT2D eigenvalue weighted by atomic mass is 9.77. The van der Waals surface area contributed by atoms with Gasteiger partial charge in [-0.3, -0.25) is 13.9 Å². The Balaban J connectivity index is 1.61. The normalized spacial score (nSPS) is 15.6. The van der Waals surface area contributed by atoms with Gasteiger partial charge in [0.1, 0.15) is 6.54 Å². The van der Waals surface area contributed by atoms with Crippen LogP contribution in [0.3, 0.4) is 0 Å². The van der Waals surface area contributed by atoms with Crippen LogP contribution in [0.2, 0.25) is 0 Å². The minimum absolute atomic E-state index is 0.0730. The van der Waals surface area contributed by atoms with Crippen molar-refractivity contribution in [2.75, 3.05) is 0 Å². The molecule has 1 fully saturated rings. The predicted molar refractivity (Wildman–Crippen MR) is 93.6 cm³/mol. The minimum atomic E-state index is -0.545. The van der Waals surface area contributed by atoms with Gasteiger partial charge in [0.2, 0.25) is 5.89 Å². The Labute approximate surface area is 148 Å². The van der Waals surface area contributed by atoms with Gasteiger partial charge in [0.05, 0.1) is 12.1 Å². The molecule has 3 aromatic rings. The van der Waals surface area contributed by atoms with E-state index in [1.807, 2.05) is 30.3 Å². The molecule has 134 valence electrons. The Morgan fingerprint density at radius 2 is 1.88 bits per heavy atom. The third-order valence-corrected chi connectivity index (χ3v) is 4.79. The van der Waals surface area contributed by atoms with E-state index < -0.39 is 16.8 Å². The fourth-order valence-corrected chi connectivity index (χ4v) is 3.04. The first-order valence-corrected chi connectivity index (χ1v) is 8.51. The molecule has 1 saturated carbocycles. The van der Waals surface area contributed by atoms with Crippen LogP contribution in [-0.2, 0) is 18.6 Å². The van der Waals surface area contributed by atoms with E-state index in [0.29, 0.717) is 12.4 Å². The fourth-order valence-electron chi connectivity index (χ4n) is 3.04. The Kier molecular flexibility index (Phi) is 4.04. The second kappa shape index (κ2) is 6.38. The van der Waals surface area contributed by atoms with E-state index in [2.05, 4.69) is 10.1 Å². The van der Waals surface area contributed by atoms with Gasteiger partial charge >= 0.3 is 5.69 Å². The summed E-state index contributed by atoms with van der Waals surface area (Å²) in [4.78, 5) is 29.1. The van der Waals surface area contributed by atoms with Crippen LogP contribution in [0.5, 0.6) is 0 Å². The molecule has 0 atom stereocenters. The average molecular weight is 353 g/mol. The average Bonchev–Trinajstić information content (AvgIpc) is 3.09. The van der Waals surface area contributed by atoms with Crippen LogP contribution in [0, 0.1) is 0 Å². The zero-order chi connectivity index (χ0) is 18.1. The quantitative estimate of drug-likeness (QED) is 0.728. The van der Waals surface area contributed by atoms with Gasteiger partial charge in [0.25, 0.3) is 5.56 Å². The molecule has 4 rings (SSSR count). The zero-order valence-corrected chi connectivity index (χ0v) is 14.2. The first-order chi connectivity index (χ1) is 12.5. The van der Waals surface area contributed by atoms with E-state index in [0.717, 1.165) is 29.4 Å². The summed E-state index contributed by atoms with van der Waals surface area (Å²) >= 11 is 0. The van der Waals surface area contributed by atoms with Crippen molar-refractivity contribution in [2.45, 2.75) is 37.9 Å². The maximum absolute atomic E-state index is 12.7. The molecule has 2 heterocycles. The first-order valence-electron chi connectivity index (χ1n) is 8.51. The second-order valence-corrected chi connectivity index (χ2v) is 6.66. The Morgan fingerprint density at radius 3 is 2.58 bits per heavy atom. The van der Waals surface area contributed by atoms with E-state index >= 15 is 0 Å². The number of nitrogens with two attached hydrogens (primary N) is 1. The lowest BCUT2D eigenvalue weighted by Gasteiger charge is -2.34. The number of rotatable bonds is 5. The molecule has 0 unspecified atom stereocenters. The topological polar surface area (TPSA) is 109 Å². The molecule has 0 amide bonds. The third-order valence-electron chi connectivity index (χ3n) is 4.79. The molecule has 26 heavy (non-hydrogen) atoms. The van der Waals surface area contributed by atoms with Gasteiger partial charge in [0, 0.05) is 12.3 Å². The highest BCUT2D eigenvalue weighted by Crippen LogP contribution is 2.36. The molecule has 0 saturated heterocycles. The summed E-state index contributed by atoms with van der Waals surface area (Å²) in [6.07, 6.45) is 4.14. The first kappa shape index (κ1) is 16.5. The fraction of sp³-hybridized carbons (Fsp3) is 0.333. The van der Waals surface area contributed by atoms with Crippen molar-refractivity contribution < 1.29 is 4.52 Å². The van der Waals surface area contributed by atoms with Gasteiger partial charge in [-0.1, -0.05) is 35.5 Å². The molecule has 0 aliphatic heterocycles. The molecular formula is C18H19N5O3. The van der Waals surface area contributed by atoms with Crippen molar-refractivity contribution in [3.63, 3.8) is 0 Å². The molecule has 1 aliphatic rings. The van der Waals surface area contributed by atoms with E-state index in [1.165, 1.54) is 16.8 Å². The number of nitrogens with zero attached hydrogens (tertiary/aromatic N) is 4. The maximum atomic E-state index is 12.7. The van der Waals surface area contributed by atoms with Crippen molar-refractivity contribution in [1.29, 1.82) is 0 Å². The predicted octanol–water partition coefficient (Wildman–Crippen LogP) is 0.827. The molecule has 0 radical (unpaired) electrons. The molecular weight excluding hydrogens is 334 g/mol.